The molecule has 0 aromatic heterocycles. The van der Waals surface area contributed by atoms with E-state index >= 15 is 0 Å². The Morgan fingerprint density at radius 1 is 1.32 bits per heavy atom. The second kappa shape index (κ2) is 5.01. The fourth-order valence-corrected chi connectivity index (χ4v) is 2.40. The molecule has 0 aliphatic carbocycles. The third-order valence-electron chi connectivity index (χ3n) is 3.26. The number of para-hydroxylation sites is 2. The summed E-state index contributed by atoms with van der Waals surface area (Å²) >= 11 is 0. The Balaban J connectivity index is 2.61. The number of fused-ring (bicyclic) bond motifs is 1. The Bertz CT molecular complexity index is 513. The van der Waals surface area contributed by atoms with Gasteiger partial charge in [-0.1, -0.05) is 12.1 Å². The SMILES string of the molecule is CC(=O)N1C[C@H](N)C(=O)N(C(C)C)c2ccccc21. The topological polar surface area (TPSA) is 66.6 Å². The van der Waals surface area contributed by atoms with Crippen LogP contribution in [0, 0.1) is 0 Å². The molecule has 1 aromatic carbocycles. The molecule has 19 heavy (non-hydrogen) atoms. The van der Waals surface area contributed by atoms with E-state index in [1.54, 1.807) is 9.80 Å². The predicted octanol–water partition coefficient (Wildman–Crippen LogP) is 1.12. The number of amides is 2. The van der Waals surface area contributed by atoms with E-state index in [-0.39, 0.29) is 24.4 Å². The first-order chi connectivity index (χ1) is 8.93. The summed E-state index contributed by atoms with van der Waals surface area (Å²) < 4.78 is 0. The lowest BCUT2D eigenvalue weighted by Crippen LogP contribution is -2.50. The normalized spacial score (nSPS) is 19.4. The summed E-state index contributed by atoms with van der Waals surface area (Å²) in [5.41, 5.74) is 7.41. The van der Waals surface area contributed by atoms with Crippen LogP contribution in [0.1, 0.15) is 20.8 Å². The van der Waals surface area contributed by atoms with Gasteiger partial charge >= 0.3 is 0 Å². The average Bonchev–Trinajstić information content (AvgIpc) is 2.46. The van der Waals surface area contributed by atoms with Crippen molar-refractivity contribution in [2.75, 3.05) is 16.3 Å². The highest BCUT2D eigenvalue weighted by molar-refractivity contribution is 6.06. The molecule has 2 amide bonds. The molecule has 0 saturated heterocycles. The van der Waals surface area contributed by atoms with Gasteiger partial charge in [-0.25, -0.2) is 0 Å². The minimum Gasteiger partial charge on any atom is -0.318 e. The van der Waals surface area contributed by atoms with Crippen molar-refractivity contribution in [3.8, 4) is 0 Å². The summed E-state index contributed by atoms with van der Waals surface area (Å²) in [4.78, 5) is 27.4. The average molecular weight is 261 g/mol. The van der Waals surface area contributed by atoms with Gasteiger partial charge in [-0.2, -0.15) is 0 Å². The van der Waals surface area contributed by atoms with Crippen LogP contribution in [0.25, 0.3) is 0 Å². The van der Waals surface area contributed by atoms with E-state index in [1.165, 1.54) is 6.92 Å². The van der Waals surface area contributed by atoms with Crippen molar-refractivity contribution < 1.29 is 9.59 Å². The third kappa shape index (κ3) is 2.33. The van der Waals surface area contributed by atoms with Gasteiger partial charge in [-0.3, -0.25) is 9.59 Å². The zero-order chi connectivity index (χ0) is 14.2. The van der Waals surface area contributed by atoms with Crippen molar-refractivity contribution >= 4 is 23.2 Å². The summed E-state index contributed by atoms with van der Waals surface area (Å²) in [6.45, 7) is 5.57. The molecule has 0 spiro atoms. The lowest BCUT2D eigenvalue weighted by atomic mass is 10.2. The van der Waals surface area contributed by atoms with Crippen molar-refractivity contribution in [3.05, 3.63) is 24.3 Å². The molecule has 1 atom stereocenters. The maximum absolute atomic E-state index is 12.4. The van der Waals surface area contributed by atoms with Crippen LogP contribution in [0.5, 0.6) is 0 Å². The van der Waals surface area contributed by atoms with E-state index in [9.17, 15) is 9.59 Å². The molecule has 1 aromatic rings. The molecule has 1 heterocycles. The highest BCUT2D eigenvalue weighted by atomic mass is 16.2. The standard InChI is InChI=1S/C14H19N3O2/c1-9(2)17-13-7-5-4-6-12(13)16(10(3)18)8-11(15)14(17)19/h4-7,9,11H,8,15H2,1-3H3/t11-/m0/s1. The number of nitrogens with zero attached hydrogens (tertiary/aromatic N) is 2. The van der Waals surface area contributed by atoms with Crippen LogP contribution >= 0.6 is 0 Å². The van der Waals surface area contributed by atoms with Crippen molar-refractivity contribution in [3.63, 3.8) is 0 Å². The molecular formula is C14H19N3O2. The van der Waals surface area contributed by atoms with Gasteiger partial charge in [0.2, 0.25) is 11.8 Å². The van der Waals surface area contributed by atoms with Crippen molar-refractivity contribution in [2.45, 2.75) is 32.9 Å². The Morgan fingerprint density at radius 3 is 2.42 bits per heavy atom. The summed E-state index contributed by atoms with van der Waals surface area (Å²) in [5.74, 6) is -0.257. The van der Waals surface area contributed by atoms with Gasteiger partial charge in [0.15, 0.2) is 0 Å². The van der Waals surface area contributed by atoms with Gasteiger partial charge in [-0.05, 0) is 26.0 Å². The van der Waals surface area contributed by atoms with Gasteiger partial charge in [0, 0.05) is 13.0 Å². The summed E-state index contributed by atoms with van der Waals surface area (Å²) in [6, 6.07) is 6.70. The molecule has 0 unspecified atom stereocenters. The van der Waals surface area contributed by atoms with Crippen LogP contribution in [-0.4, -0.2) is 30.4 Å². The number of nitrogens with two attached hydrogens (primary N) is 1. The molecule has 5 heteroatoms. The first kappa shape index (κ1) is 13.5. The Morgan fingerprint density at radius 2 is 1.89 bits per heavy atom. The smallest absolute Gasteiger partial charge is 0.246 e. The summed E-state index contributed by atoms with van der Waals surface area (Å²) in [5, 5.41) is 0. The third-order valence-corrected chi connectivity index (χ3v) is 3.26. The van der Waals surface area contributed by atoms with Crippen LogP contribution in [0.3, 0.4) is 0 Å². The molecule has 2 N–H and O–H groups in total. The largest absolute Gasteiger partial charge is 0.318 e. The lowest BCUT2D eigenvalue weighted by molar-refractivity contribution is -0.120. The number of hydrogen-bond donors (Lipinski definition) is 1. The molecular weight excluding hydrogens is 242 g/mol. The molecule has 0 saturated carbocycles. The number of benzene rings is 1. The second-order valence-corrected chi connectivity index (χ2v) is 5.03. The second-order valence-electron chi connectivity index (χ2n) is 5.03. The fourth-order valence-electron chi connectivity index (χ4n) is 2.40. The van der Waals surface area contributed by atoms with Crippen LogP contribution < -0.4 is 15.5 Å². The molecule has 102 valence electrons. The molecule has 0 bridgehead atoms. The fraction of sp³-hybridized carbons (Fsp3) is 0.429. The number of carbonyl (C=O) groups excluding carboxylic acids is 2. The zero-order valence-electron chi connectivity index (χ0n) is 11.5. The first-order valence-electron chi connectivity index (χ1n) is 6.39. The van der Waals surface area contributed by atoms with Gasteiger partial charge in [0.05, 0.1) is 17.9 Å². The molecule has 0 radical (unpaired) electrons. The van der Waals surface area contributed by atoms with E-state index in [1.807, 2.05) is 38.1 Å². The Labute approximate surface area is 113 Å². The number of anilines is 2. The Hall–Kier alpha value is -1.88. The van der Waals surface area contributed by atoms with Crippen molar-refractivity contribution in [1.82, 2.24) is 0 Å². The first-order valence-corrected chi connectivity index (χ1v) is 6.39. The Kier molecular flexibility index (Phi) is 3.57. The monoisotopic (exact) mass is 261 g/mol. The summed E-state index contributed by atoms with van der Waals surface area (Å²) in [7, 11) is 0. The van der Waals surface area contributed by atoms with Crippen LogP contribution in [0.2, 0.25) is 0 Å². The van der Waals surface area contributed by atoms with Crippen LogP contribution in [0.4, 0.5) is 11.4 Å². The molecule has 1 aliphatic rings. The van der Waals surface area contributed by atoms with E-state index < -0.39 is 6.04 Å². The van der Waals surface area contributed by atoms with Crippen LogP contribution in [-0.2, 0) is 9.59 Å². The quantitative estimate of drug-likeness (QED) is 0.824. The van der Waals surface area contributed by atoms with E-state index in [4.69, 9.17) is 5.73 Å². The van der Waals surface area contributed by atoms with E-state index in [2.05, 4.69) is 0 Å². The van der Waals surface area contributed by atoms with Gasteiger partial charge in [0.1, 0.15) is 6.04 Å². The maximum atomic E-state index is 12.4. The van der Waals surface area contributed by atoms with Crippen molar-refractivity contribution in [2.24, 2.45) is 5.73 Å². The molecule has 0 fully saturated rings. The van der Waals surface area contributed by atoms with Gasteiger partial charge in [0.25, 0.3) is 0 Å². The number of carbonyl (C=O) groups is 2. The maximum Gasteiger partial charge on any atom is 0.246 e. The zero-order valence-corrected chi connectivity index (χ0v) is 11.5. The molecule has 1 aliphatic heterocycles. The van der Waals surface area contributed by atoms with E-state index in [0.29, 0.717) is 0 Å². The minimum absolute atomic E-state index is 0.00777. The number of hydrogen-bond acceptors (Lipinski definition) is 3. The summed E-state index contributed by atoms with van der Waals surface area (Å²) in [6.07, 6.45) is 0. The van der Waals surface area contributed by atoms with E-state index in [0.717, 1.165) is 11.4 Å². The minimum atomic E-state index is -0.696. The van der Waals surface area contributed by atoms with Crippen molar-refractivity contribution in [1.29, 1.82) is 0 Å². The van der Waals surface area contributed by atoms with Gasteiger partial charge in [-0.15, -0.1) is 0 Å². The predicted molar refractivity (Wildman–Crippen MR) is 75.1 cm³/mol. The molecule has 5 nitrogen and oxygen atoms in total. The molecule has 2 rings (SSSR count). The number of rotatable bonds is 1. The highest BCUT2D eigenvalue weighted by Gasteiger charge is 2.33. The highest BCUT2D eigenvalue weighted by Crippen LogP contribution is 2.33. The van der Waals surface area contributed by atoms with Crippen LogP contribution in [0.15, 0.2) is 24.3 Å². The van der Waals surface area contributed by atoms with Gasteiger partial charge < -0.3 is 15.5 Å². The lowest BCUT2D eigenvalue weighted by Gasteiger charge is -2.28.